The normalized spacial score (nSPS) is 21.7. The van der Waals surface area contributed by atoms with Gasteiger partial charge in [0.1, 0.15) is 0 Å². The van der Waals surface area contributed by atoms with E-state index in [2.05, 4.69) is 11.2 Å². The summed E-state index contributed by atoms with van der Waals surface area (Å²) in [5.41, 5.74) is 0. The average molecular weight is 290 g/mol. The van der Waals surface area contributed by atoms with Gasteiger partial charge in [-0.25, -0.2) is 12.7 Å². The SMILES string of the molecule is C#CCSCCNCC1CCCN(S(C)(=O)=O)C1. The van der Waals surface area contributed by atoms with Crippen molar-refractivity contribution in [3.63, 3.8) is 0 Å². The molecule has 0 radical (unpaired) electrons. The highest BCUT2D eigenvalue weighted by molar-refractivity contribution is 7.99. The van der Waals surface area contributed by atoms with Crippen molar-refractivity contribution in [2.75, 3.05) is 43.9 Å². The summed E-state index contributed by atoms with van der Waals surface area (Å²) < 4.78 is 24.5. The third-order valence-corrected chi connectivity index (χ3v) is 5.13. The van der Waals surface area contributed by atoms with Crippen LogP contribution in [0, 0.1) is 18.3 Å². The Balaban J connectivity index is 2.17. The number of hydrogen-bond donors (Lipinski definition) is 1. The molecule has 1 heterocycles. The second kappa shape index (κ2) is 8.05. The third kappa shape index (κ3) is 6.10. The van der Waals surface area contributed by atoms with Crippen molar-refractivity contribution in [1.29, 1.82) is 0 Å². The molecule has 1 aliphatic rings. The van der Waals surface area contributed by atoms with Crippen LogP contribution in [0.1, 0.15) is 12.8 Å². The van der Waals surface area contributed by atoms with Gasteiger partial charge in [-0.2, -0.15) is 0 Å². The molecule has 1 rings (SSSR count). The maximum absolute atomic E-state index is 11.5. The number of nitrogens with zero attached hydrogens (tertiary/aromatic N) is 1. The van der Waals surface area contributed by atoms with E-state index in [4.69, 9.17) is 6.42 Å². The maximum Gasteiger partial charge on any atom is 0.211 e. The zero-order chi connectivity index (χ0) is 13.4. The van der Waals surface area contributed by atoms with Crippen molar-refractivity contribution in [3.8, 4) is 12.3 Å². The molecule has 1 aliphatic heterocycles. The molecule has 0 saturated carbocycles. The summed E-state index contributed by atoms with van der Waals surface area (Å²) in [6.45, 7) is 3.15. The Labute approximate surface area is 115 Å². The molecule has 1 unspecified atom stereocenters. The van der Waals surface area contributed by atoms with Crippen LogP contribution in [0.2, 0.25) is 0 Å². The van der Waals surface area contributed by atoms with Crippen LogP contribution in [-0.4, -0.2) is 56.7 Å². The van der Waals surface area contributed by atoms with Gasteiger partial charge >= 0.3 is 0 Å². The van der Waals surface area contributed by atoms with Crippen LogP contribution in [-0.2, 0) is 10.0 Å². The summed E-state index contributed by atoms with van der Waals surface area (Å²) in [5, 5.41) is 3.38. The number of terminal acetylenes is 1. The highest BCUT2D eigenvalue weighted by Gasteiger charge is 2.25. The zero-order valence-electron chi connectivity index (χ0n) is 10.9. The van der Waals surface area contributed by atoms with Gasteiger partial charge in [0, 0.05) is 25.4 Å². The number of hydrogen-bond acceptors (Lipinski definition) is 4. The first kappa shape index (κ1) is 15.8. The number of sulfonamides is 1. The second-order valence-electron chi connectivity index (χ2n) is 4.59. The summed E-state index contributed by atoms with van der Waals surface area (Å²) in [6, 6.07) is 0. The molecule has 1 saturated heterocycles. The van der Waals surface area contributed by atoms with Gasteiger partial charge in [-0.3, -0.25) is 0 Å². The molecule has 18 heavy (non-hydrogen) atoms. The molecular weight excluding hydrogens is 268 g/mol. The van der Waals surface area contributed by atoms with E-state index < -0.39 is 10.0 Å². The maximum atomic E-state index is 11.5. The van der Waals surface area contributed by atoms with Gasteiger partial charge in [0.2, 0.25) is 10.0 Å². The van der Waals surface area contributed by atoms with Gasteiger partial charge in [0.05, 0.1) is 12.0 Å². The summed E-state index contributed by atoms with van der Waals surface area (Å²) >= 11 is 1.74. The first-order valence-electron chi connectivity index (χ1n) is 6.21. The monoisotopic (exact) mass is 290 g/mol. The Hall–Kier alpha value is -0.220. The van der Waals surface area contributed by atoms with E-state index in [1.165, 1.54) is 6.26 Å². The molecule has 0 aromatic carbocycles. The number of nitrogens with one attached hydrogen (secondary N) is 1. The Morgan fingerprint density at radius 1 is 1.56 bits per heavy atom. The molecule has 1 fully saturated rings. The predicted octanol–water partition coefficient (Wildman–Crippen LogP) is 0.614. The lowest BCUT2D eigenvalue weighted by atomic mass is 10.00. The van der Waals surface area contributed by atoms with Crippen molar-refractivity contribution >= 4 is 21.8 Å². The van der Waals surface area contributed by atoms with E-state index in [0.29, 0.717) is 19.0 Å². The average Bonchev–Trinajstić information content (AvgIpc) is 2.33. The van der Waals surface area contributed by atoms with Crippen molar-refractivity contribution in [2.45, 2.75) is 12.8 Å². The summed E-state index contributed by atoms with van der Waals surface area (Å²) in [5.74, 6) is 4.79. The fourth-order valence-corrected chi connectivity index (χ4v) is 3.57. The van der Waals surface area contributed by atoms with E-state index in [0.717, 1.165) is 37.4 Å². The quantitative estimate of drug-likeness (QED) is 0.551. The molecule has 0 aromatic rings. The Bertz CT molecular complexity index is 376. The van der Waals surface area contributed by atoms with E-state index in [1.54, 1.807) is 16.1 Å². The fraction of sp³-hybridized carbons (Fsp3) is 0.833. The van der Waals surface area contributed by atoms with Crippen LogP contribution < -0.4 is 5.32 Å². The van der Waals surface area contributed by atoms with Crippen molar-refractivity contribution in [1.82, 2.24) is 9.62 Å². The Morgan fingerprint density at radius 3 is 3.00 bits per heavy atom. The van der Waals surface area contributed by atoms with Gasteiger partial charge in [-0.1, -0.05) is 5.92 Å². The summed E-state index contributed by atoms with van der Waals surface area (Å²) in [7, 11) is -3.02. The molecule has 0 aliphatic carbocycles. The van der Waals surface area contributed by atoms with Crippen molar-refractivity contribution < 1.29 is 8.42 Å². The smallest absolute Gasteiger partial charge is 0.211 e. The summed E-state index contributed by atoms with van der Waals surface area (Å²) in [4.78, 5) is 0. The molecular formula is C12H22N2O2S2. The Kier molecular flexibility index (Phi) is 7.08. The molecule has 0 bridgehead atoms. The minimum absolute atomic E-state index is 0.436. The van der Waals surface area contributed by atoms with Gasteiger partial charge in [0.15, 0.2) is 0 Å². The van der Waals surface area contributed by atoms with Crippen LogP contribution >= 0.6 is 11.8 Å². The predicted molar refractivity (Wildman–Crippen MR) is 78.2 cm³/mol. The topological polar surface area (TPSA) is 49.4 Å². The molecule has 4 nitrogen and oxygen atoms in total. The van der Waals surface area contributed by atoms with Crippen LogP contribution in [0.3, 0.4) is 0 Å². The first-order valence-corrected chi connectivity index (χ1v) is 9.21. The number of thioether (sulfide) groups is 1. The van der Waals surface area contributed by atoms with E-state index >= 15 is 0 Å². The minimum atomic E-state index is -3.02. The van der Waals surface area contributed by atoms with Crippen molar-refractivity contribution in [3.05, 3.63) is 0 Å². The van der Waals surface area contributed by atoms with Crippen LogP contribution in [0.15, 0.2) is 0 Å². The van der Waals surface area contributed by atoms with Crippen LogP contribution in [0.5, 0.6) is 0 Å². The summed E-state index contributed by atoms with van der Waals surface area (Å²) in [6.07, 6.45) is 8.52. The Morgan fingerprint density at radius 2 is 2.33 bits per heavy atom. The molecule has 0 amide bonds. The van der Waals surface area contributed by atoms with E-state index in [9.17, 15) is 8.42 Å². The highest BCUT2D eigenvalue weighted by atomic mass is 32.2. The largest absolute Gasteiger partial charge is 0.316 e. The van der Waals surface area contributed by atoms with Gasteiger partial charge < -0.3 is 5.32 Å². The number of rotatable bonds is 7. The standard InChI is InChI=1S/C12H22N2O2S2/c1-3-8-17-9-6-13-10-12-5-4-7-14(11-12)18(2,15)16/h1,12-13H,4-11H2,2H3. The molecule has 104 valence electrons. The first-order chi connectivity index (χ1) is 8.54. The van der Waals surface area contributed by atoms with E-state index in [-0.39, 0.29) is 0 Å². The van der Waals surface area contributed by atoms with Crippen LogP contribution in [0.4, 0.5) is 0 Å². The van der Waals surface area contributed by atoms with Gasteiger partial charge in [-0.05, 0) is 25.3 Å². The minimum Gasteiger partial charge on any atom is -0.316 e. The van der Waals surface area contributed by atoms with E-state index in [1.807, 2.05) is 0 Å². The van der Waals surface area contributed by atoms with Gasteiger partial charge in [0.25, 0.3) is 0 Å². The molecule has 6 heteroatoms. The highest BCUT2D eigenvalue weighted by Crippen LogP contribution is 2.17. The van der Waals surface area contributed by atoms with Crippen LogP contribution in [0.25, 0.3) is 0 Å². The lowest BCUT2D eigenvalue weighted by Gasteiger charge is -2.31. The zero-order valence-corrected chi connectivity index (χ0v) is 12.5. The van der Waals surface area contributed by atoms with Crippen molar-refractivity contribution in [2.24, 2.45) is 5.92 Å². The van der Waals surface area contributed by atoms with Gasteiger partial charge in [-0.15, -0.1) is 18.2 Å². The molecule has 0 aromatic heterocycles. The lowest BCUT2D eigenvalue weighted by Crippen LogP contribution is -2.42. The lowest BCUT2D eigenvalue weighted by molar-refractivity contribution is 0.262. The molecule has 1 atom stereocenters. The number of piperidine rings is 1. The fourth-order valence-electron chi connectivity index (χ4n) is 2.08. The third-order valence-electron chi connectivity index (χ3n) is 2.99. The molecule has 1 N–H and O–H groups in total. The second-order valence-corrected chi connectivity index (χ2v) is 7.68. The molecule has 0 spiro atoms.